The minimum Gasteiger partial charge on any atom is -0.483 e. The summed E-state index contributed by atoms with van der Waals surface area (Å²) in [4.78, 5) is 9.70. The van der Waals surface area contributed by atoms with Gasteiger partial charge < -0.3 is 10.1 Å². The number of epoxide rings is 1. The van der Waals surface area contributed by atoms with Gasteiger partial charge in [0.2, 0.25) is 0 Å². The molecule has 4 heterocycles. The van der Waals surface area contributed by atoms with E-state index >= 15 is 0 Å². The van der Waals surface area contributed by atoms with Gasteiger partial charge >= 0.3 is 0 Å². The van der Waals surface area contributed by atoms with E-state index in [1.807, 2.05) is 57.2 Å². The Bertz CT molecular complexity index is 1370. The lowest BCUT2D eigenvalue weighted by Crippen LogP contribution is -2.20. The van der Waals surface area contributed by atoms with E-state index in [4.69, 9.17) is 14.7 Å². The fourth-order valence-corrected chi connectivity index (χ4v) is 4.65. The van der Waals surface area contributed by atoms with Crippen LogP contribution in [0.1, 0.15) is 19.3 Å². The minimum absolute atomic E-state index is 0.259. The standard InChI is InChI=1S/C26H27N7O/c1-32-15-20(12-29-32)17-7-5-8-18(10-17)25-28-14-22(21-13-30-33(2)16-21)26(31-25)27-11-19-6-3-4-9-23-24(19)34-23/h5,7-10,12-16,19,24H,3-4,6,11H2,1-2H3,(H,27,28,31)/t19?,24-/m0/s1. The normalized spacial score (nSPS) is 19.1. The van der Waals surface area contributed by atoms with Gasteiger partial charge in [0.1, 0.15) is 11.6 Å². The predicted molar refractivity (Wildman–Crippen MR) is 131 cm³/mol. The summed E-state index contributed by atoms with van der Waals surface area (Å²) >= 11 is 0. The number of allylic oxidation sites excluding steroid dienone is 1. The fraction of sp³-hybridized carbons (Fsp3) is 0.308. The lowest BCUT2D eigenvalue weighted by atomic mass is 10.00. The number of aryl methyl sites for hydroxylation is 2. The van der Waals surface area contributed by atoms with Gasteiger partial charge in [0.15, 0.2) is 11.9 Å². The highest BCUT2D eigenvalue weighted by molar-refractivity contribution is 5.76. The first kappa shape index (κ1) is 20.7. The highest BCUT2D eigenvalue weighted by Crippen LogP contribution is 2.40. The van der Waals surface area contributed by atoms with Gasteiger partial charge in [-0.25, -0.2) is 9.97 Å². The largest absolute Gasteiger partial charge is 0.483 e. The monoisotopic (exact) mass is 453 g/mol. The van der Waals surface area contributed by atoms with Crippen LogP contribution in [0.5, 0.6) is 0 Å². The van der Waals surface area contributed by atoms with E-state index in [2.05, 4.69) is 33.7 Å². The van der Waals surface area contributed by atoms with Crippen LogP contribution in [-0.4, -0.2) is 42.2 Å². The minimum atomic E-state index is 0.259. The maximum atomic E-state index is 5.80. The van der Waals surface area contributed by atoms with E-state index < -0.39 is 0 Å². The SMILES string of the molecule is Cn1cc(-c2cccc(-c3ncc(-c4cnn(C)c4)c(NCC4CCCC=C5O[C@H]54)n3)c2)cn1. The second kappa shape index (κ2) is 8.44. The van der Waals surface area contributed by atoms with Gasteiger partial charge in [0.25, 0.3) is 0 Å². The molecule has 8 nitrogen and oxygen atoms in total. The molecular formula is C26H27N7O. The molecule has 34 heavy (non-hydrogen) atoms. The van der Waals surface area contributed by atoms with Gasteiger partial charge in [-0.05, 0) is 37.0 Å². The summed E-state index contributed by atoms with van der Waals surface area (Å²) < 4.78 is 9.40. The van der Waals surface area contributed by atoms with Gasteiger partial charge in [-0.2, -0.15) is 10.2 Å². The number of nitrogens with zero attached hydrogens (tertiary/aromatic N) is 6. The molecule has 1 aromatic carbocycles. The second-order valence-electron chi connectivity index (χ2n) is 9.06. The van der Waals surface area contributed by atoms with Crippen molar-refractivity contribution < 1.29 is 4.74 Å². The van der Waals surface area contributed by atoms with E-state index in [-0.39, 0.29) is 6.10 Å². The number of hydrogen-bond donors (Lipinski definition) is 1. The molecule has 0 bridgehead atoms. The average Bonchev–Trinajstić information content (AvgIpc) is 3.34. The topological polar surface area (TPSA) is 86.0 Å². The zero-order chi connectivity index (χ0) is 23.1. The Morgan fingerprint density at radius 3 is 2.59 bits per heavy atom. The van der Waals surface area contributed by atoms with Crippen molar-refractivity contribution in [3.05, 3.63) is 67.1 Å². The van der Waals surface area contributed by atoms with Crippen molar-refractivity contribution in [1.29, 1.82) is 0 Å². The van der Waals surface area contributed by atoms with Gasteiger partial charge in [0, 0.05) is 67.4 Å². The Morgan fingerprint density at radius 1 is 1.00 bits per heavy atom. The van der Waals surface area contributed by atoms with Crippen LogP contribution in [0.2, 0.25) is 0 Å². The predicted octanol–water partition coefficient (Wildman–Crippen LogP) is 4.44. The Kier molecular flexibility index (Phi) is 5.13. The molecule has 6 rings (SSSR count). The Balaban J connectivity index is 1.33. The smallest absolute Gasteiger partial charge is 0.161 e. The average molecular weight is 454 g/mol. The van der Waals surface area contributed by atoms with Crippen LogP contribution < -0.4 is 5.32 Å². The summed E-state index contributed by atoms with van der Waals surface area (Å²) in [6.45, 7) is 0.807. The van der Waals surface area contributed by atoms with Crippen molar-refractivity contribution in [1.82, 2.24) is 29.5 Å². The molecule has 172 valence electrons. The van der Waals surface area contributed by atoms with Gasteiger partial charge in [0.05, 0.1) is 12.4 Å². The molecule has 1 unspecified atom stereocenters. The van der Waals surface area contributed by atoms with Crippen molar-refractivity contribution >= 4 is 5.82 Å². The van der Waals surface area contributed by atoms with Crippen molar-refractivity contribution in [2.75, 3.05) is 11.9 Å². The molecule has 1 saturated heterocycles. The Labute approximate surface area is 198 Å². The lowest BCUT2D eigenvalue weighted by molar-refractivity contribution is 0.323. The van der Waals surface area contributed by atoms with Crippen molar-refractivity contribution in [2.45, 2.75) is 25.4 Å². The number of rotatable bonds is 6. The summed E-state index contributed by atoms with van der Waals surface area (Å²) in [5, 5.41) is 12.3. The molecule has 0 spiro atoms. The number of hydrogen-bond acceptors (Lipinski definition) is 6. The zero-order valence-electron chi connectivity index (χ0n) is 19.3. The third-order valence-corrected chi connectivity index (χ3v) is 6.53. The van der Waals surface area contributed by atoms with Crippen molar-refractivity contribution in [3.8, 4) is 33.6 Å². The van der Waals surface area contributed by atoms with E-state index in [0.29, 0.717) is 11.7 Å². The molecule has 8 heteroatoms. The first-order valence-electron chi connectivity index (χ1n) is 11.7. The number of anilines is 1. The number of fused-ring (bicyclic) bond motifs is 1. The Hall–Kier alpha value is -3.94. The molecule has 0 saturated carbocycles. The molecule has 1 aliphatic heterocycles. The van der Waals surface area contributed by atoms with Crippen LogP contribution in [-0.2, 0) is 18.8 Å². The summed E-state index contributed by atoms with van der Waals surface area (Å²) in [6, 6.07) is 8.27. The summed E-state index contributed by atoms with van der Waals surface area (Å²) in [5.41, 5.74) is 5.05. The maximum absolute atomic E-state index is 5.80. The fourth-order valence-electron chi connectivity index (χ4n) is 4.65. The number of ether oxygens (including phenoxy) is 1. The second-order valence-corrected chi connectivity index (χ2v) is 9.06. The summed E-state index contributed by atoms with van der Waals surface area (Å²) in [7, 11) is 3.84. The Morgan fingerprint density at radius 2 is 1.79 bits per heavy atom. The quantitative estimate of drug-likeness (QED) is 0.435. The van der Waals surface area contributed by atoms with Crippen LogP contribution >= 0.6 is 0 Å². The van der Waals surface area contributed by atoms with E-state index in [9.17, 15) is 0 Å². The van der Waals surface area contributed by atoms with Gasteiger partial charge in [-0.15, -0.1) is 0 Å². The van der Waals surface area contributed by atoms with Crippen LogP contribution in [0, 0.1) is 5.92 Å². The van der Waals surface area contributed by atoms with Crippen molar-refractivity contribution in [3.63, 3.8) is 0 Å². The van der Waals surface area contributed by atoms with E-state index in [1.54, 1.807) is 9.36 Å². The molecule has 2 atom stereocenters. The van der Waals surface area contributed by atoms with E-state index in [0.717, 1.165) is 58.8 Å². The van der Waals surface area contributed by atoms with Crippen LogP contribution in [0.4, 0.5) is 5.82 Å². The highest BCUT2D eigenvalue weighted by atomic mass is 16.6. The van der Waals surface area contributed by atoms with Crippen LogP contribution in [0.15, 0.2) is 67.1 Å². The summed E-state index contributed by atoms with van der Waals surface area (Å²) in [5.74, 6) is 3.11. The van der Waals surface area contributed by atoms with Gasteiger partial charge in [-0.1, -0.05) is 18.2 Å². The van der Waals surface area contributed by atoms with Crippen LogP contribution in [0.25, 0.3) is 33.6 Å². The van der Waals surface area contributed by atoms with E-state index in [1.165, 1.54) is 6.42 Å². The molecule has 2 aliphatic rings. The lowest BCUT2D eigenvalue weighted by Gasteiger charge is -2.16. The van der Waals surface area contributed by atoms with Crippen molar-refractivity contribution in [2.24, 2.45) is 20.0 Å². The first-order chi connectivity index (χ1) is 16.6. The molecule has 1 fully saturated rings. The molecule has 0 radical (unpaired) electrons. The zero-order valence-corrected chi connectivity index (χ0v) is 19.3. The molecule has 0 amide bonds. The number of aromatic nitrogens is 6. The number of nitrogens with one attached hydrogen (secondary N) is 1. The first-order valence-corrected chi connectivity index (χ1v) is 11.7. The maximum Gasteiger partial charge on any atom is 0.161 e. The third-order valence-electron chi connectivity index (χ3n) is 6.53. The molecule has 1 aliphatic carbocycles. The molecular weight excluding hydrogens is 426 g/mol. The third kappa shape index (κ3) is 4.07. The highest BCUT2D eigenvalue weighted by Gasteiger charge is 2.41. The van der Waals surface area contributed by atoms with Gasteiger partial charge in [-0.3, -0.25) is 9.36 Å². The van der Waals surface area contributed by atoms with Crippen LogP contribution in [0.3, 0.4) is 0 Å². The summed E-state index contributed by atoms with van der Waals surface area (Å²) in [6.07, 6.45) is 15.6. The molecule has 1 N–H and O–H groups in total. The number of benzene rings is 1. The molecule has 3 aromatic heterocycles. The molecule has 4 aromatic rings.